The molecule has 0 bridgehead atoms. The second kappa shape index (κ2) is 8.48. The fraction of sp³-hybridized carbons (Fsp3) is 0.111. The van der Waals surface area contributed by atoms with Crippen LogP contribution in [0.2, 0.25) is 0 Å². The second-order valence-electron chi connectivity index (χ2n) is 5.66. The predicted octanol–water partition coefficient (Wildman–Crippen LogP) is 1.33. The smallest absolute Gasteiger partial charge is 0.275 e. The van der Waals surface area contributed by atoms with Crippen LogP contribution in [-0.2, 0) is 4.79 Å². The van der Waals surface area contributed by atoms with Crippen LogP contribution < -0.4 is 16.5 Å². The fourth-order valence-corrected chi connectivity index (χ4v) is 2.11. The first kappa shape index (κ1) is 19.4. The molecule has 0 unspecified atom stereocenters. The van der Waals surface area contributed by atoms with E-state index in [0.29, 0.717) is 17.0 Å². The number of hydrogen-bond acceptors (Lipinski definition) is 6. The van der Waals surface area contributed by atoms with Gasteiger partial charge in [-0.2, -0.15) is 5.10 Å². The van der Waals surface area contributed by atoms with Crippen molar-refractivity contribution >= 4 is 29.1 Å². The molecule has 27 heavy (non-hydrogen) atoms. The number of anilines is 1. The van der Waals surface area contributed by atoms with Crippen molar-refractivity contribution in [3.05, 3.63) is 53.6 Å². The van der Waals surface area contributed by atoms with Gasteiger partial charge in [0.1, 0.15) is 11.5 Å². The minimum absolute atomic E-state index is 0.0663. The van der Waals surface area contributed by atoms with E-state index in [4.69, 9.17) is 5.73 Å². The maximum absolute atomic E-state index is 12.0. The molecular weight excluding hydrogens is 352 g/mol. The maximum Gasteiger partial charge on any atom is 0.275 e. The Kier molecular flexibility index (Phi) is 6.10. The number of hydrogen-bond donors (Lipinski definition) is 5. The summed E-state index contributed by atoms with van der Waals surface area (Å²) >= 11 is 0. The Hall–Kier alpha value is -3.88. The van der Waals surface area contributed by atoms with Crippen molar-refractivity contribution in [2.45, 2.75) is 13.3 Å². The molecule has 2 aromatic carbocycles. The molecule has 3 amide bonds. The van der Waals surface area contributed by atoms with E-state index in [1.165, 1.54) is 24.3 Å². The van der Waals surface area contributed by atoms with Crippen molar-refractivity contribution in [3.63, 3.8) is 0 Å². The Balaban J connectivity index is 1.91. The molecule has 6 N–H and O–H groups in total. The van der Waals surface area contributed by atoms with E-state index in [1.54, 1.807) is 19.1 Å². The van der Waals surface area contributed by atoms with Crippen molar-refractivity contribution in [2.75, 3.05) is 5.32 Å². The number of rotatable bonds is 6. The SMILES string of the molecule is C/C(CC(=O)Nc1ccc(C(N)=O)cc1)=N\NC(=O)c1ccc(O)cc1O. The van der Waals surface area contributed by atoms with Crippen LogP contribution in [0.5, 0.6) is 11.5 Å². The van der Waals surface area contributed by atoms with Crippen molar-refractivity contribution < 1.29 is 24.6 Å². The number of phenolic OH excluding ortho intramolecular Hbond substituents is 2. The number of hydrazone groups is 1. The number of primary amides is 1. The van der Waals surface area contributed by atoms with Gasteiger partial charge in [0.15, 0.2) is 0 Å². The third kappa shape index (κ3) is 5.56. The van der Waals surface area contributed by atoms with E-state index >= 15 is 0 Å². The highest BCUT2D eigenvalue weighted by Gasteiger charge is 2.12. The number of phenols is 2. The molecule has 0 heterocycles. The zero-order chi connectivity index (χ0) is 20.0. The van der Waals surface area contributed by atoms with Gasteiger partial charge in [0.05, 0.1) is 12.0 Å². The third-order valence-electron chi connectivity index (χ3n) is 3.44. The minimum Gasteiger partial charge on any atom is -0.508 e. The molecular formula is C18H18N4O5. The zero-order valence-electron chi connectivity index (χ0n) is 14.4. The maximum atomic E-state index is 12.0. The topological polar surface area (TPSA) is 154 Å². The molecule has 0 aliphatic heterocycles. The van der Waals surface area contributed by atoms with Crippen LogP contribution in [0.3, 0.4) is 0 Å². The molecule has 2 rings (SSSR count). The molecule has 0 aliphatic rings. The fourth-order valence-electron chi connectivity index (χ4n) is 2.11. The highest BCUT2D eigenvalue weighted by atomic mass is 16.3. The first-order valence-electron chi connectivity index (χ1n) is 7.81. The van der Waals surface area contributed by atoms with E-state index in [9.17, 15) is 24.6 Å². The van der Waals surface area contributed by atoms with E-state index in [2.05, 4.69) is 15.8 Å². The molecule has 0 fully saturated rings. The Morgan fingerprint density at radius 2 is 1.74 bits per heavy atom. The molecule has 0 aliphatic carbocycles. The van der Waals surface area contributed by atoms with Crippen LogP contribution in [0.1, 0.15) is 34.1 Å². The van der Waals surface area contributed by atoms with Gasteiger partial charge in [-0.15, -0.1) is 0 Å². The van der Waals surface area contributed by atoms with Gasteiger partial charge in [-0.3, -0.25) is 14.4 Å². The summed E-state index contributed by atoms with van der Waals surface area (Å²) in [6.45, 7) is 1.55. The summed E-state index contributed by atoms with van der Waals surface area (Å²) < 4.78 is 0. The number of carbonyl (C=O) groups excluding carboxylic acids is 3. The number of nitrogens with one attached hydrogen (secondary N) is 2. The lowest BCUT2D eigenvalue weighted by Gasteiger charge is -2.07. The number of nitrogens with two attached hydrogens (primary N) is 1. The lowest BCUT2D eigenvalue weighted by molar-refractivity contribution is -0.115. The second-order valence-corrected chi connectivity index (χ2v) is 5.66. The summed E-state index contributed by atoms with van der Waals surface area (Å²) in [7, 11) is 0. The van der Waals surface area contributed by atoms with Crippen molar-refractivity contribution in [3.8, 4) is 11.5 Å². The van der Waals surface area contributed by atoms with Gasteiger partial charge in [-0.1, -0.05) is 0 Å². The van der Waals surface area contributed by atoms with Gasteiger partial charge in [0.2, 0.25) is 11.8 Å². The van der Waals surface area contributed by atoms with Crippen LogP contribution in [0.15, 0.2) is 47.6 Å². The van der Waals surface area contributed by atoms with Gasteiger partial charge in [0, 0.05) is 23.0 Å². The molecule has 0 aromatic heterocycles. The molecule has 9 heteroatoms. The molecule has 0 saturated carbocycles. The number of nitrogens with zero attached hydrogens (tertiary/aromatic N) is 1. The van der Waals surface area contributed by atoms with Gasteiger partial charge in [-0.25, -0.2) is 5.43 Å². The Morgan fingerprint density at radius 1 is 1.07 bits per heavy atom. The number of benzene rings is 2. The van der Waals surface area contributed by atoms with E-state index in [1.807, 2.05) is 0 Å². The predicted molar refractivity (Wildman–Crippen MR) is 98.6 cm³/mol. The third-order valence-corrected chi connectivity index (χ3v) is 3.44. The summed E-state index contributed by atoms with van der Waals surface area (Å²) in [5.74, 6) is -2.19. The van der Waals surface area contributed by atoms with Crippen LogP contribution in [0, 0.1) is 0 Å². The van der Waals surface area contributed by atoms with Crippen LogP contribution in [-0.4, -0.2) is 33.6 Å². The van der Waals surface area contributed by atoms with Crippen LogP contribution in [0.25, 0.3) is 0 Å². The van der Waals surface area contributed by atoms with E-state index in [0.717, 1.165) is 6.07 Å². The average molecular weight is 370 g/mol. The standard InChI is InChI=1S/C18H18N4O5/c1-10(21-22-18(27)14-7-6-13(23)9-15(14)24)8-16(25)20-12-4-2-11(3-5-12)17(19)26/h2-7,9,23-24H,8H2,1H3,(H2,19,26)(H,20,25)(H,22,27)/b21-10+. The van der Waals surface area contributed by atoms with Gasteiger partial charge >= 0.3 is 0 Å². The van der Waals surface area contributed by atoms with Crippen LogP contribution in [0.4, 0.5) is 5.69 Å². The molecule has 2 aromatic rings. The van der Waals surface area contributed by atoms with Gasteiger partial charge in [-0.05, 0) is 43.3 Å². The first-order chi connectivity index (χ1) is 12.8. The van der Waals surface area contributed by atoms with Crippen molar-refractivity contribution in [1.29, 1.82) is 0 Å². The van der Waals surface area contributed by atoms with E-state index in [-0.39, 0.29) is 23.6 Å². The summed E-state index contributed by atoms with van der Waals surface area (Å²) in [6, 6.07) is 9.59. The summed E-state index contributed by atoms with van der Waals surface area (Å²) in [5, 5.41) is 25.3. The molecule has 0 atom stereocenters. The first-order valence-corrected chi connectivity index (χ1v) is 7.81. The zero-order valence-corrected chi connectivity index (χ0v) is 14.4. The Bertz CT molecular complexity index is 906. The number of amides is 3. The highest BCUT2D eigenvalue weighted by molar-refractivity contribution is 6.06. The van der Waals surface area contributed by atoms with Crippen molar-refractivity contribution in [1.82, 2.24) is 5.43 Å². The van der Waals surface area contributed by atoms with Crippen molar-refractivity contribution in [2.24, 2.45) is 10.8 Å². The molecule has 0 saturated heterocycles. The largest absolute Gasteiger partial charge is 0.508 e. The lowest BCUT2D eigenvalue weighted by atomic mass is 10.2. The molecule has 0 spiro atoms. The average Bonchev–Trinajstić information content (AvgIpc) is 2.60. The summed E-state index contributed by atoms with van der Waals surface area (Å²) in [5.41, 5.74) is 8.43. The summed E-state index contributed by atoms with van der Waals surface area (Å²) in [4.78, 5) is 34.9. The normalized spacial score (nSPS) is 10.9. The lowest BCUT2D eigenvalue weighted by Crippen LogP contribution is -2.21. The highest BCUT2D eigenvalue weighted by Crippen LogP contribution is 2.22. The number of aromatic hydroxyl groups is 2. The molecule has 9 nitrogen and oxygen atoms in total. The molecule has 140 valence electrons. The van der Waals surface area contributed by atoms with Gasteiger partial charge < -0.3 is 21.3 Å². The Labute approximate surface area is 154 Å². The quantitative estimate of drug-likeness (QED) is 0.383. The van der Waals surface area contributed by atoms with E-state index < -0.39 is 17.6 Å². The van der Waals surface area contributed by atoms with Gasteiger partial charge in [0.25, 0.3) is 5.91 Å². The Morgan fingerprint density at radius 3 is 2.33 bits per heavy atom. The van der Waals surface area contributed by atoms with Crippen LogP contribution >= 0.6 is 0 Å². The number of carbonyl (C=O) groups is 3. The molecule has 0 radical (unpaired) electrons. The monoisotopic (exact) mass is 370 g/mol. The minimum atomic E-state index is -0.686. The summed E-state index contributed by atoms with van der Waals surface area (Å²) in [6.07, 6.45) is -0.0839.